The van der Waals surface area contributed by atoms with E-state index in [2.05, 4.69) is 45.4 Å². The molecule has 1 aliphatic rings. The molecule has 2 atom stereocenters. The molecular formula is C37H40N4O8. The van der Waals surface area contributed by atoms with Crippen LogP contribution >= 0.6 is 0 Å². The predicted molar refractivity (Wildman–Crippen MR) is 185 cm³/mol. The topological polar surface area (TPSA) is 149 Å². The molecule has 4 aromatic rings. The highest BCUT2D eigenvalue weighted by atomic mass is 16.5. The van der Waals surface area contributed by atoms with E-state index in [1.165, 1.54) is 12.5 Å². The van der Waals surface area contributed by atoms with Gasteiger partial charge in [0, 0.05) is 5.70 Å². The predicted octanol–water partition coefficient (Wildman–Crippen LogP) is 5.34. The van der Waals surface area contributed by atoms with Crippen LogP contribution in [0.5, 0.6) is 23.0 Å². The van der Waals surface area contributed by atoms with Gasteiger partial charge >= 0.3 is 12.0 Å². The zero-order chi connectivity index (χ0) is 34.8. The number of hydrogen-bond acceptors (Lipinski definition) is 10. The summed E-state index contributed by atoms with van der Waals surface area (Å²) in [6.07, 6.45) is 0.405. The number of aliphatic hydroxyl groups excluding tert-OH is 1. The van der Waals surface area contributed by atoms with E-state index >= 15 is 0 Å². The fraction of sp³-hybridized carbons (Fsp3) is 0.270. The van der Waals surface area contributed by atoms with Crippen molar-refractivity contribution >= 4 is 29.0 Å². The minimum Gasteiger partial charge on any atom is -0.490 e. The summed E-state index contributed by atoms with van der Waals surface area (Å²) in [5.41, 5.74) is 5.69. The average Bonchev–Trinajstić information content (AvgIpc) is 3.10. The number of nitrogens with zero attached hydrogens (tertiary/aromatic N) is 1. The molecule has 0 saturated heterocycles. The van der Waals surface area contributed by atoms with E-state index in [0.717, 1.165) is 16.5 Å². The van der Waals surface area contributed by atoms with Crippen LogP contribution in [-0.2, 0) is 16.1 Å². The van der Waals surface area contributed by atoms with E-state index in [1.54, 1.807) is 31.3 Å². The fourth-order valence-electron chi connectivity index (χ4n) is 5.30. The van der Waals surface area contributed by atoms with Gasteiger partial charge in [0.2, 0.25) is 0 Å². The number of methoxy groups -OCH3 is 1. The van der Waals surface area contributed by atoms with Crippen LogP contribution in [-0.4, -0.2) is 56.5 Å². The Labute approximate surface area is 284 Å². The van der Waals surface area contributed by atoms with Crippen LogP contribution in [0.4, 0.5) is 4.79 Å². The zero-order valence-electron chi connectivity index (χ0n) is 27.8. The Kier molecular flexibility index (Phi) is 11.6. The number of aliphatic hydroxyl groups is 1. The molecule has 0 bridgehead atoms. The SMILES string of the molecule is CCOc1cc(/C=N\N[C@H](O)COc2ccc([C@H]3NC(=O)NC(C)=C3C(=O)OC)cc2OCC)ccc1OCc1ccc2ccccc2c1. The molecule has 4 aromatic carbocycles. The maximum Gasteiger partial charge on any atom is 0.337 e. The van der Waals surface area contributed by atoms with Gasteiger partial charge in [-0.3, -0.25) is 5.43 Å². The van der Waals surface area contributed by atoms with Crippen LogP contribution < -0.4 is 35.0 Å². The summed E-state index contributed by atoms with van der Waals surface area (Å²) in [6.45, 7) is 6.38. The molecule has 49 heavy (non-hydrogen) atoms. The van der Waals surface area contributed by atoms with Crippen LogP contribution in [0.15, 0.2) is 95.2 Å². The molecule has 1 heterocycles. The third-order valence-corrected chi connectivity index (χ3v) is 7.59. The van der Waals surface area contributed by atoms with Gasteiger partial charge in [0.05, 0.1) is 38.2 Å². The first kappa shape index (κ1) is 34.6. The number of hydrazone groups is 1. The zero-order valence-corrected chi connectivity index (χ0v) is 27.8. The number of ether oxygens (including phenoxy) is 5. The van der Waals surface area contributed by atoms with Gasteiger partial charge in [-0.1, -0.05) is 42.5 Å². The lowest BCUT2D eigenvalue weighted by atomic mass is 9.95. The number of rotatable bonds is 15. The first-order chi connectivity index (χ1) is 23.8. The molecule has 5 rings (SSSR count). The molecule has 0 saturated carbocycles. The Hall–Kier alpha value is -5.75. The van der Waals surface area contributed by atoms with Gasteiger partial charge < -0.3 is 39.4 Å². The molecular weight excluding hydrogens is 628 g/mol. The Morgan fingerprint density at radius 1 is 0.898 bits per heavy atom. The lowest BCUT2D eigenvalue weighted by Gasteiger charge is -2.28. The van der Waals surface area contributed by atoms with Gasteiger partial charge in [-0.15, -0.1) is 0 Å². The molecule has 0 aromatic heterocycles. The monoisotopic (exact) mass is 668 g/mol. The quantitative estimate of drug-likeness (QED) is 0.0570. The normalized spacial score (nSPS) is 15.0. The van der Waals surface area contributed by atoms with Crippen molar-refractivity contribution in [2.24, 2.45) is 5.10 Å². The van der Waals surface area contributed by atoms with Crippen molar-refractivity contribution in [1.82, 2.24) is 16.1 Å². The summed E-state index contributed by atoms with van der Waals surface area (Å²) in [5.74, 6) is 1.35. The smallest absolute Gasteiger partial charge is 0.337 e. The summed E-state index contributed by atoms with van der Waals surface area (Å²) in [6, 6.07) is 23.7. The van der Waals surface area contributed by atoms with Crippen molar-refractivity contribution in [3.05, 3.63) is 107 Å². The second-order valence-electron chi connectivity index (χ2n) is 11.0. The number of allylic oxidation sites excluding steroid dienone is 1. The minimum absolute atomic E-state index is 0.154. The first-order valence-corrected chi connectivity index (χ1v) is 15.9. The number of benzene rings is 4. The maximum absolute atomic E-state index is 12.5. The van der Waals surface area contributed by atoms with Crippen molar-refractivity contribution in [3.63, 3.8) is 0 Å². The number of esters is 1. The van der Waals surface area contributed by atoms with E-state index in [1.807, 2.05) is 50.2 Å². The highest BCUT2D eigenvalue weighted by Gasteiger charge is 2.32. The summed E-state index contributed by atoms with van der Waals surface area (Å²) in [5, 5.41) is 22.4. The Bertz CT molecular complexity index is 1860. The molecule has 256 valence electrons. The number of hydrogen-bond donors (Lipinski definition) is 4. The van der Waals surface area contributed by atoms with Crippen LogP contribution in [0.25, 0.3) is 10.8 Å². The van der Waals surface area contributed by atoms with Crippen LogP contribution in [0.3, 0.4) is 0 Å². The minimum atomic E-state index is -1.15. The summed E-state index contributed by atoms with van der Waals surface area (Å²) in [7, 11) is 1.28. The first-order valence-electron chi connectivity index (χ1n) is 15.9. The number of carbonyl (C=O) groups excluding carboxylic acids is 2. The molecule has 1 aliphatic heterocycles. The van der Waals surface area contributed by atoms with Gasteiger partial charge in [0.1, 0.15) is 13.2 Å². The third kappa shape index (κ3) is 8.79. The Balaban J connectivity index is 1.19. The van der Waals surface area contributed by atoms with E-state index < -0.39 is 24.3 Å². The largest absolute Gasteiger partial charge is 0.490 e. The van der Waals surface area contributed by atoms with E-state index in [4.69, 9.17) is 23.7 Å². The Morgan fingerprint density at radius 2 is 1.61 bits per heavy atom. The third-order valence-electron chi connectivity index (χ3n) is 7.59. The number of fused-ring (bicyclic) bond motifs is 1. The van der Waals surface area contributed by atoms with E-state index in [0.29, 0.717) is 54.1 Å². The van der Waals surface area contributed by atoms with Crippen molar-refractivity contribution in [1.29, 1.82) is 0 Å². The van der Waals surface area contributed by atoms with Crippen molar-refractivity contribution in [2.75, 3.05) is 26.9 Å². The van der Waals surface area contributed by atoms with Crippen molar-refractivity contribution in [3.8, 4) is 23.0 Å². The molecule has 12 heteroatoms. The van der Waals surface area contributed by atoms with Crippen LogP contribution in [0.1, 0.15) is 43.5 Å². The Morgan fingerprint density at radius 3 is 2.37 bits per heavy atom. The number of urea groups is 1. The van der Waals surface area contributed by atoms with Crippen LogP contribution in [0.2, 0.25) is 0 Å². The summed E-state index contributed by atoms with van der Waals surface area (Å²) < 4.78 is 28.5. The molecule has 0 aliphatic carbocycles. The average molecular weight is 669 g/mol. The molecule has 0 spiro atoms. The van der Waals surface area contributed by atoms with Crippen LogP contribution in [0, 0.1) is 0 Å². The van der Waals surface area contributed by atoms with Gasteiger partial charge in [-0.25, -0.2) is 9.59 Å². The van der Waals surface area contributed by atoms with Gasteiger partial charge in [-0.05, 0) is 84.6 Å². The van der Waals surface area contributed by atoms with Gasteiger partial charge in [0.25, 0.3) is 0 Å². The highest BCUT2D eigenvalue weighted by Crippen LogP contribution is 2.35. The van der Waals surface area contributed by atoms with E-state index in [9.17, 15) is 14.7 Å². The van der Waals surface area contributed by atoms with E-state index in [-0.39, 0.29) is 12.2 Å². The fourth-order valence-corrected chi connectivity index (χ4v) is 5.30. The van der Waals surface area contributed by atoms with Crippen molar-refractivity contribution < 1.29 is 38.4 Å². The second-order valence-corrected chi connectivity index (χ2v) is 11.0. The number of carbonyl (C=O) groups is 2. The standard InChI is InChI=1S/C37H40N4O8/c1-5-46-31-18-24(12-15-29(31)48-21-25-11-13-26-9-7-8-10-27(26)17-25)20-38-41-33(42)22-49-30-16-14-28(19-32(30)47-6-2)35-34(36(43)45-4)23(3)39-37(44)40-35/h7-20,33,35,41-42H,5-6,21-22H2,1-4H3,(H2,39,40,44)/b38-20-/t33-,35-/m1/s1. The summed E-state index contributed by atoms with van der Waals surface area (Å²) >= 11 is 0. The molecule has 0 fully saturated rings. The van der Waals surface area contributed by atoms with Gasteiger partial charge in [-0.2, -0.15) is 5.10 Å². The summed E-state index contributed by atoms with van der Waals surface area (Å²) in [4.78, 5) is 24.7. The lowest BCUT2D eigenvalue weighted by Crippen LogP contribution is -2.45. The number of amides is 2. The lowest BCUT2D eigenvalue weighted by molar-refractivity contribution is -0.136. The molecule has 0 radical (unpaired) electrons. The van der Waals surface area contributed by atoms with Crippen molar-refractivity contribution in [2.45, 2.75) is 39.6 Å². The molecule has 0 unspecified atom stereocenters. The molecule has 12 nitrogen and oxygen atoms in total. The maximum atomic E-state index is 12.5. The number of nitrogens with one attached hydrogen (secondary N) is 3. The molecule has 2 amide bonds. The second kappa shape index (κ2) is 16.4. The highest BCUT2D eigenvalue weighted by molar-refractivity contribution is 5.95. The molecule has 4 N–H and O–H groups in total. The van der Waals surface area contributed by atoms with Gasteiger partial charge in [0.15, 0.2) is 29.2 Å².